The summed E-state index contributed by atoms with van der Waals surface area (Å²) in [5.41, 5.74) is 1.30. The third kappa shape index (κ3) is 10.0. The minimum absolute atomic E-state index is 0.0706. The summed E-state index contributed by atoms with van der Waals surface area (Å²) in [5.74, 6) is -5.54. The first-order valence-corrected chi connectivity index (χ1v) is 19.7. The van der Waals surface area contributed by atoms with Gasteiger partial charge in [-0.05, 0) is 76.6 Å². The van der Waals surface area contributed by atoms with Crippen LogP contribution in [0.15, 0.2) is 42.5 Å². The molecule has 3 saturated heterocycles. The fourth-order valence-electron chi connectivity index (χ4n) is 7.83. The molecule has 0 aromatic heterocycles. The van der Waals surface area contributed by atoms with Crippen LogP contribution >= 0.6 is 11.6 Å². The number of carbonyl (C=O) groups excluding carboxylic acids is 7. The van der Waals surface area contributed by atoms with E-state index in [9.17, 15) is 43.1 Å². The molecule has 0 aliphatic carbocycles. The quantitative estimate of drug-likeness (QED) is 0.258. The molecule has 2 aromatic carbocycles. The third-order valence-corrected chi connectivity index (χ3v) is 11.0. The maximum Gasteiger partial charge on any atom is 0.329 e. The van der Waals surface area contributed by atoms with E-state index in [1.54, 1.807) is 18.2 Å². The molecule has 5 N–H and O–H groups in total. The van der Waals surface area contributed by atoms with Crippen LogP contribution in [0.5, 0.6) is 0 Å². The Bertz CT molecular complexity index is 1930. The normalized spacial score (nSPS) is 26.9. The Labute approximate surface area is 341 Å². The largest absolute Gasteiger partial charge is 0.458 e. The van der Waals surface area contributed by atoms with E-state index in [2.05, 4.69) is 21.3 Å². The number of halogens is 2. The number of ether oxygens (including phenoxy) is 1. The Morgan fingerprint density at radius 2 is 1.74 bits per heavy atom. The van der Waals surface area contributed by atoms with Crippen molar-refractivity contribution >= 4 is 58.8 Å². The summed E-state index contributed by atoms with van der Waals surface area (Å²) in [6, 6.07) is 2.04. The van der Waals surface area contributed by atoms with Gasteiger partial charge in [0.25, 0.3) is 0 Å². The molecule has 7 amide bonds. The van der Waals surface area contributed by atoms with Gasteiger partial charge >= 0.3 is 12.0 Å². The number of anilines is 1. The van der Waals surface area contributed by atoms with E-state index in [1.807, 2.05) is 19.9 Å². The van der Waals surface area contributed by atoms with Gasteiger partial charge in [-0.1, -0.05) is 48.4 Å². The second-order valence-electron chi connectivity index (χ2n) is 15.5. The molecule has 1 unspecified atom stereocenters. The number of cyclic esters (lactones) is 1. The fourth-order valence-corrected chi connectivity index (χ4v) is 7.99. The van der Waals surface area contributed by atoms with Gasteiger partial charge in [-0.25, -0.2) is 14.0 Å². The van der Waals surface area contributed by atoms with Gasteiger partial charge in [0.1, 0.15) is 48.2 Å². The highest BCUT2D eigenvalue weighted by Gasteiger charge is 2.47. The van der Waals surface area contributed by atoms with Gasteiger partial charge in [-0.2, -0.15) is 0 Å². The zero-order chi connectivity index (χ0) is 42.6. The minimum atomic E-state index is -1.61. The molecule has 3 aliphatic heterocycles. The number of rotatable bonds is 7. The lowest BCUT2D eigenvalue weighted by Gasteiger charge is -2.37. The van der Waals surface area contributed by atoms with Crippen molar-refractivity contribution in [3.8, 4) is 0 Å². The average molecular weight is 828 g/mol. The smallest absolute Gasteiger partial charge is 0.329 e. The van der Waals surface area contributed by atoms with Crippen molar-refractivity contribution < 1.29 is 47.8 Å². The highest BCUT2D eigenvalue weighted by Crippen LogP contribution is 2.27. The van der Waals surface area contributed by atoms with Crippen LogP contribution < -0.4 is 21.3 Å². The first kappa shape index (κ1) is 43.8. The number of amides is 7. The van der Waals surface area contributed by atoms with Gasteiger partial charge in [-0.3, -0.25) is 24.0 Å². The van der Waals surface area contributed by atoms with E-state index in [4.69, 9.17) is 16.3 Å². The molecular weight excluding hydrogens is 777 g/mol. The fraction of sp³-hybridized carbons (Fsp3) is 0.525. The number of aliphatic hydroxyl groups is 1. The molecule has 3 heterocycles. The van der Waals surface area contributed by atoms with Crippen LogP contribution in [0.4, 0.5) is 14.9 Å². The van der Waals surface area contributed by atoms with Crippen LogP contribution in [0.1, 0.15) is 58.1 Å². The summed E-state index contributed by atoms with van der Waals surface area (Å²) >= 11 is 5.87. The minimum Gasteiger partial charge on any atom is -0.458 e. The third-order valence-electron chi connectivity index (χ3n) is 10.8. The van der Waals surface area contributed by atoms with Gasteiger partial charge in [-0.15, -0.1) is 0 Å². The molecule has 58 heavy (non-hydrogen) atoms. The zero-order valence-corrected chi connectivity index (χ0v) is 34.0. The summed E-state index contributed by atoms with van der Waals surface area (Å²) < 4.78 is 20.5. The number of nitrogens with zero attached hydrogens (tertiary/aromatic N) is 3. The van der Waals surface area contributed by atoms with Crippen LogP contribution in [0.2, 0.25) is 5.02 Å². The van der Waals surface area contributed by atoms with Crippen molar-refractivity contribution in [3.05, 3.63) is 64.4 Å². The molecule has 9 atom stereocenters. The molecule has 3 aliphatic rings. The highest BCUT2D eigenvalue weighted by molar-refractivity contribution is 6.30. The van der Waals surface area contributed by atoms with E-state index >= 15 is 0 Å². The maximum atomic E-state index is 14.6. The van der Waals surface area contributed by atoms with Crippen molar-refractivity contribution in [1.82, 2.24) is 30.7 Å². The molecule has 0 spiro atoms. The Morgan fingerprint density at radius 1 is 1.02 bits per heavy atom. The predicted octanol–water partition coefficient (Wildman–Crippen LogP) is 1.89. The molecule has 18 heteroatoms. The SMILES string of the molecule is Cc1cccc(C[C@H](NC(=O)Nc2ccc(Cl)cc2F)C(=O)N[C@@H]2C(=O)N3CCC[C@H]3C(=O)N(C)C([C@@H](C)O)C(=O)N[C@@H](C)C(=O)N3C[C@H](C)C[C@H]3C(=O)O[C@H]2C)c1. The molecule has 314 valence electrons. The first-order valence-electron chi connectivity index (χ1n) is 19.3. The van der Waals surface area contributed by atoms with Gasteiger partial charge < -0.3 is 45.8 Å². The summed E-state index contributed by atoms with van der Waals surface area (Å²) in [4.78, 5) is 101. The number of urea groups is 1. The number of aryl methyl sites for hydroxylation is 1. The van der Waals surface area contributed by atoms with Crippen LogP contribution in [-0.2, 0) is 39.9 Å². The molecule has 16 nitrogen and oxygen atoms in total. The standard InChI is InChI=1S/C40H51ClFN7O9/c1-20-9-7-10-25(15-20)17-29(45-40(57)44-28-13-12-26(41)18-27(28)42)34(51)46-32-24(5)58-39(56)31-16-21(2)19-49(31)36(53)22(3)43-35(52)33(23(4)50)47(6)37(54)30-11-8-14-48(30)38(32)55/h7,9-10,12-13,15,18,21-24,29-33,50H,8,11,14,16-17,19H2,1-6H3,(H,43,52)(H,46,51)(H2,44,45,57)/t21-,22+,23-,24+,29+,30+,31+,32+,33?/m1/s1. The van der Waals surface area contributed by atoms with Crippen LogP contribution in [0, 0.1) is 18.7 Å². The van der Waals surface area contributed by atoms with Crippen LogP contribution in [-0.4, -0.2) is 130 Å². The van der Waals surface area contributed by atoms with E-state index in [0.717, 1.165) is 16.5 Å². The van der Waals surface area contributed by atoms with Gasteiger partial charge in [0.05, 0.1) is 11.8 Å². The lowest BCUT2D eigenvalue weighted by molar-refractivity contribution is -0.163. The van der Waals surface area contributed by atoms with E-state index in [-0.39, 0.29) is 49.0 Å². The number of benzene rings is 2. The van der Waals surface area contributed by atoms with Gasteiger partial charge in [0.2, 0.25) is 29.5 Å². The number of nitrogens with one attached hydrogen (secondary N) is 4. The number of esters is 1. The lowest BCUT2D eigenvalue weighted by atomic mass is 10.0. The molecular formula is C40H51ClFN7O9. The molecule has 0 bridgehead atoms. The predicted molar refractivity (Wildman–Crippen MR) is 210 cm³/mol. The van der Waals surface area contributed by atoms with Crippen molar-refractivity contribution in [2.24, 2.45) is 5.92 Å². The van der Waals surface area contributed by atoms with Crippen molar-refractivity contribution in [3.63, 3.8) is 0 Å². The number of hydrogen-bond acceptors (Lipinski definition) is 9. The second-order valence-corrected chi connectivity index (χ2v) is 15.9. The van der Waals surface area contributed by atoms with E-state index in [1.165, 1.54) is 49.8 Å². The van der Waals surface area contributed by atoms with Gasteiger partial charge in [0.15, 0.2) is 0 Å². The lowest BCUT2D eigenvalue weighted by Crippen LogP contribution is -2.63. The molecule has 0 radical (unpaired) electrons. The van der Waals surface area contributed by atoms with Crippen molar-refractivity contribution in [1.29, 1.82) is 0 Å². The molecule has 5 rings (SSSR count). The summed E-state index contributed by atoms with van der Waals surface area (Å²) in [6.07, 6.45) is -2.05. The van der Waals surface area contributed by atoms with Crippen LogP contribution in [0.3, 0.4) is 0 Å². The van der Waals surface area contributed by atoms with E-state index < -0.39 is 95.8 Å². The summed E-state index contributed by atoms with van der Waals surface area (Å²) in [6.45, 7) is 8.08. The van der Waals surface area contributed by atoms with E-state index in [0.29, 0.717) is 12.0 Å². The number of fused-ring (bicyclic) bond motifs is 2. The Kier molecular flexibility index (Phi) is 14.0. The number of hydrogen-bond donors (Lipinski definition) is 5. The maximum absolute atomic E-state index is 14.6. The Morgan fingerprint density at radius 3 is 2.41 bits per heavy atom. The van der Waals surface area contributed by atoms with Gasteiger partial charge in [0, 0.05) is 31.6 Å². The monoisotopic (exact) mass is 827 g/mol. The molecule has 0 saturated carbocycles. The molecule has 2 aromatic rings. The number of likely N-dealkylation sites (N-methyl/N-ethyl adjacent to an activating group) is 1. The van der Waals surface area contributed by atoms with Crippen molar-refractivity contribution in [2.75, 3.05) is 25.5 Å². The molecule has 3 fully saturated rings. The highest BCUT2D eigenvalue weighted by atomic mass is 35.5. The Hall–Kier alpha value is -5.29. The van der Waals surface area contributed by atoms with Crippen LogP contribution in [0.25, 0.3) is 0 Å². The first-order chi connectivity index (χ1) is 27.4. The van der Waals surface area contributed by atoms with Crippen molar-refractivity contribution in [2.45, 2.75) is 109 Å². The topological polar surface area (TPSA) is 207 Å². The second kappa shape index (κ2) is 18.5. The average Bonchev–Trinajstić information content (AvgIpc) is 3.80. The summed E-state index contributed by atoms with van der Waals surface area (Å²) in [5, 5.41) is 21.0. The Balaban J connectivity index is 1.51. The summed E-state index contributed by atoms with van der Waals surface area (Å²) in [7, 11) is 1.32. The number of carbonyl (C=O) groups is 7. The zero-order valence-electron chi connectivity index (χ0n) is 33.3. The number of aliphatic hydroxyl groups excluding tert-OH is 1.